The first-order chi connectivity index (χ1) is 10.1. The predicted octanol–water partition coefficient (Wildman–Crippen LogP) is 1.42. The molecule has 2 N–H and O–H groups in total. The molecule has 0 radical (unpaired) electrons. The summed E-state index contributed by atoms with van der Waals surface area (Å²) in [6.45, 7) is 0.101. The fraction of sp³-hybridized carbons (Fsp3) is 0.467. The van der Waals surface area contributed by atoms with E-state index in [-0.39, 0.29) is 18.7 Å². The highest BCUT2D eigenvalue weighted by atomic mass is 16.7. The van der Waals surface area contributed by atoms with Gasteiger partial charge >= 0.3 is 5.97 Å². The second-order valence-corrected chi connectivity index (χ2v) is 5.80. The van der Waals surface area contributed by atoms with Crippen LogP contribution in [-0.2, 0) is 10.2 Å². The number of carboxylic acid groups (broad SMARTS) is 1. The first kappa shape index (κ1) is 12.5. The average Bonchev–Trinajstić information content (AvgIpc) is 2.93. The van der Waals surface area contributed by atoms with Gasteiger partial charge in [-0.15, -0.1) is 0 Å². The second kappa shape index (κ2) is 4.13. The van der Waals surface area contributed by atoms with Crippen LogP contribution in [0.1, 0.15) is 41.6 Å². The Kier molecular flexibility index (Phi) is 2.46. The molecule has 1 saturated carbocycles. The minimum Gasteiger partial charge on any atom is -0.481 e. The summed E-state index contributed by atoms with van der Waals surface area (Å²) in [5.74, 6) is -0.0912. The lowest BCUT2D eigenvalue weighted by molar-refractivity contribution is -0.146. The lowest BCUT2D eigenvalue weighted by Crippen LogP contribution is -2.60. The Morgan fingerprint density at radius 1 is 1.29 bits per heavy atom. The first-order valence-corrected chi connectivity index (χ1v) is 7.11. The molecule has 1 fully saturated rings. The smallest absolute Gasteiger partial charge is 0.316 e. The van der Waals surface area contributed by atoms with Crippen molar-refractivity contribution in [2.45, 2.75) is 37.1 Å². The maximum Gasteiger partial charge on any atom is 0.316 e. The number of carbonyl (C=O) groups excluding carboxylic acids is 1. The lowest BCUT2D eigenvalue weighted by atomic mass is 9.63. The number of nitrogens with one attached hydrogen (secondary N) is 1. The highest BCUT2D eigenvalue weighted by Crippen LogP contribution is 2.47. The van der Waals surface area contributed by atoms with Crippen LogP contribution in [0.4, 0.5) is 0 Å². The third kappa shape index (κ3) is 1.53. The van der Waals surface area contributed by atoms with Gasteiger partial charge in [0.15, 0.2) is 11.5 Å². The monoisotopic (exact) mass is 289 g/mol. The summed E-state index contributed by atoms with van der Waals surface area (Å²) in [6, 6.07) is 2.93. The molecule has 6 heteroatoms. The molecule has 4 rings (SSSR count). The van der Waals surface area contributed by atoms with Crippen molar-refractivity contribution in [1.82, 2.24) is 5.32 Å². The SMILES string of the molecule is O=C1N[C@H]2CCCC[C@]2(C(=O)O)c2cc3c(cc21)OCO3. The number of carbonyl (C=O) groups is 2. The third-order valence-corrected chi connectivity index (χ3v) is 4.83. The maximum absolute atomic E-state index is 12.3. The number of amides is 1. The summed E-state index contributed by atoms with van der Waals surface area (Å²) in [5, 5.41) is 12.8. The van der Waals surface area contributed by atoms with E-state index in [4.69, 9.17) is 9.47 Å². The van der Waals surface area contributed by atoms with E-state index in [0.717, 1.165) is 12.8 Å². The van der Waals surface area contributed by atoms with Crippen molar-refractivity contribution in [2.24, 2.45) is 0 Å². The lowest BCUT2D eigenvalue weighted by Gasteiger charge is -2.45. The van der Waals surface area contributed by atoms with Gasteiger partial charge in [0, 0.05) is 11.6 Å². The third-order valence-electron chi connectivity index (χ3n) is 4.83. The number of carboxylic acids is 1. The number of ether oxygens (including phenoxy) is 2. The van der Waals surface area contributed by atoms with Crippen LogP contribution >= 0.6 is 0 Å². The minimum atomic E-state index is -1.05. The fourth-order valence-corrected chi connectivity index (χ4v) is 3.80. The predicted molar refractivity (Wildman–Crippen MR) is 71.6 cm³/mol. The molecule has 0 aromatic heterocycles. The molecule has 2 heterocycles. The van der Waals surface area contributed by atoms with Crippen LogP contribution in [-0.4, -0.2) is 29.8 Å². The molecule has 2 atom stereocenters. The van der Waals surface area contributed by atoms with E-state index in [1.165, 1.54) is 0 Å². The maximum atomic E-state index is 12.3. The summed E-state index contributed by atoms with van der Waals surface area (Å²) in [5.41, 5.74) is -0.102. The highest BCUT2D eigenvalue weighted by Gasteiger charge is 2.54. The molecule has 0 spiro atoms. The van der Waals surface area contributed by atoms with Gasteiger partial charge in [0.25, 0.3) is 5.91 Å². The molecule has 2 aliphatic heterocycles. The standard InChI is InChI=1S/C15H15NO5/c17-13-8-5-10-11(21-7-20-10)6-9(8)15(14(18)19)4-2-1-3-12(15)16-13/h5-6,12H,1-4,7H2,(H,16,17)(H,18,19)/t12-,15-/m0/s1. The number of hydrogen-bond acceptors (Lipinski definition) is 4. The summed E-state index contributed by atoms with van der Waals surface area (Å²) >= 11 is 0. The topological polar surface area (TPSA) is 84.9 Å². The van der Waals surface area contributed by atoms with E-state index >= 15 is 0 Å². The Bertz CT molecular complexity index is 656. The molecule has 110 valence electrons. The Labute approximate surface area is 121 Å². The van der Waals surface area contributed by atoms with Gasteiger partial charge in [-0.2, -0.15) is 0 Å². The molecule has 6 nitrogen and oxygen atoms in total. The normalized spacial score (nSPS) is 29.3. The molecule has 3 aliphatic rings. The summed E-state index contributed by atoms with van der Waals surface area (Å²) < 4.78 is 10.7. The Hall–Kier alpha value is -2.24. The Morgan fingerprint density at radius 2 is 2.05 bits per heavy atom. The van der Waals surface area contributed by atoms with Crippen LogP contribution in [0.25, 0.3) is 0 Å². The van der Waals surface area contributed by atoms with Gasteiger partial charge in [-0.3, -0.25) is 9.59 Å². The van der Waals surface area contributed by atoms with Gasteiger partial charge < -0.3 is 19.9 Å². The van der Waals surface area contributed by atoms with Crippen LogP contribution in [0.3, 0.4) is 0 Å². The van der Waals surface area contributed by atoms with Crippen molar-refractivity contribution in [3.05, 3.63) is 23.3 Å². The van der Waals surface area contributed by atoms with Crippen molar-refractivity contribution < 1.29 is 24.2 Å². The molecule has 0 bridgehead atoms. The fourth-order valence-electron chi connectivity index (χ4n) is 3.80. The zero-order chi connectivity index (χ0) is 14.6. The molecule has 1 amide bonds. The quantitative estimate of drug-likeness (QED) is 0.817. The van der Waals surface area contributed by atoms with Crippen LogP contribution in [0.5, 0.6) is 11.5 Å². The number of rotatable bonds is 1. The van der Waals surface area contributed by atoms with Gasteiger partial charge in [0.1, 0.15) is 5.41 Å². The van der Waals surface area contributed by atoms with E-state index in [9.17, 15) is 14.7 Å². The van der Waals surface area contributed by atoms with Crippen molar-refractivity contribution in [3.63, 3.8) is 0 Å². The summed E-state index contributed by atoms with van der Waals surface area (Å²) in [7, 11) is 0. The molecule has 1 aromatic rings. The van der Waals surface area contributed by atoms with Crippen LogP contribution in [0, 0.1) is 0 Å². The van der Waals surface area contributed by atoms with E-state index < -0.39 is 11.4 Å². The van der Waals surface area contributed by atoms with Gasteiger partial charge in [-0.1, -0.05) is 12.8 Å². The largest absolute Gasteiger partial charge is 0.481 e. The van der Waals surface area contributed by atoms with E-state index in [1.807, 2.05) is 0 Å². The first-order valence-electron chi connectivity index (χ1n) is 7.11. The van der Waals surface area contributed by atoms with Gasteiger partial charge in [-0.25, -0.2) is 0 Å². The van der Waals surface area contributed by atoms with Crippen LogP contribution in [0.2, 0.25) is 0 Å². The van der Waals surface area contributed by atoms with E-state index in [0.29, 0.717) is 35.5 Å². The van der Waals surface area contributed by atoms with Gasteiger partial charge in [-0.05, 0) is 30.5 Å². The molecule has 0 saturated heterocycles. The Balaban J connectivity index is 1.97. The van der Waals surface area contributed by atoms with Crippen LogP contribution in [0.15, 0.2) is 12.1 Å². The zero-order valence-electron chi connectivity index (χ0n) is 11.3. The number of hydrogen-bond donors (Lipinski definition) is 2. The molecule has 1 aromatic carbocycles. The van der Waals surface area contributed by atoms with Crippen LogP contribution < -0.4 is 14.8 Å². The second-order valence-electron chi connectivity index (χ2n) is 5.80. The minimum absolute atomic E-state index is 0.101. The molecule has 21 heavy (non-hydrogen) atoms. The number of aliphatic carboxylic acids is 1. The molecular weight excluding hydrogens is 274 g/mol. The zero-order valence-corrected chi connectivity index (χ0v) is 11.3. The molecule has 1 aliphatic carbocycles. The Morgan fingerprint density at radius 3 is 2.81 bits per heavy atom. The van der Waals surface area contributed by atoms with Gasteiger partial charge in [0.05, 0.1) is 0 Å². The van der Waals surface area contributed by atoms with E-state index in [1.54, 1.807) is 12.1 Å². The van der Waals surface area contributed by atoms with Crippen molar-refractivity contribution in [2.75, 3.05) is 6.79 Å². The molecule has 0 unspecified atom stereocenters. The van der Waals surface area contributed by atoms with Crippen molar-refractivity contribution >= 4 is 11.9 Å². The summed E-state index contributed by atoms with van der Waals surface area (Å²) in [6.07, 6.45) is 2.98. The number of fused-ring (bicyclic) bond motifs is 4. The average molecular weight is 289 g/mol. The summed E-state index contributed by atoms with van der Waals surface area (Å²) in [4.78, 5) is 24.4. The van der Waals surface area contributed by atoms with E-state index in [2.05, 4.69) is 5.32 Å². The highest BCUT2D eigenvalue weighted by molar-refractivity contribution is 6.02. The van der Waals surface area contributed by atoms with Crippen molar-refractivity contribution in [1.29, 1.82) is 0 Å². The van der Waals surface area contributed by atoms with Gasteiger partial charge in [0.2, 0.25) is 6.79 Å². The molecular formula is C15H15NO5. The number of benzene rings is 1. The van der Waals surface area contributed by atoms with Crippen molar-refractivity contribution in [3.8, 4) is 11.5 Å².